The van der Waals surface area contributed by atoms with Gasteiger partial charge < -0.3 is 27.9 Å². The van der Waals surface area contributed by atoms with E-state index in [1.54, 1.807) is 0 Å². The van der Waals surface area contributed by atoms with Crippen LogP contribution in [0.5, 0.6) is 0 Å². The molecule has 10 heteroatoms. The lowest BCUT2D eigenvalue weighted by Gasteiger charge is -2.28. The molecule has 316 valence electrons. The number of quaternary nitrogens is 1. The normalized spacial score (nSPS) is 14.0. The van der Waals surface area contributed by atoms with Crippen molar-refractivity contribution in [2.24, 2.45) is 0 Å². The van der Waals surface area contributed by atoms with Gasteiger partial charge in [-0.1, -0.05) is 134 Å². The van der Waals surface area contributed by atoms with Gasteiger partial charge in [0, 0.05) is 12.8 Å². The van der Waals surface area contributed by atoms with E-state index in [2.05, 4.69) is 50.3 Å². The fourth-order valence-corrected chi connectivity index (χ4v) is 6.41. The van der Waals surface area contributed by atoms with E-state index in [9.17, 15) is 19.0 Å². The highest BCUT2D eigenvalue weighted by Gasteiger charge is 2.21. The van der Waals surface area contributed by atoms with Crippen molar-refractivity contribution in [3.8, 4) is 0 Å². The number of likely N-dealkylation sites (N-methyl/N-ethyl adjacent to an activating group) is 1. The summed E-state index contributed by atoms with van der Waals surface area (Å²) in [6.45, 7) is 4.15. The van der Waals surface area contributed by atoms with E-state index >= 15 is 0 Å². The minimum atomic E-state index is -4.63. The minimum Gasteiger partial charge on any atom is -0.756 e. The zero-order valence-corrected chi connectivity index (χ0v) is 36.3. The molecule has 2 atom stereocenters. The first-order valence-corrected chi connectivity index (χ1v) is 23.2. The molecule has 0 fully saturated rings. The summed E-state index contributed by atoms with van der Waals surface area (Å²) in [6, 6.07) is 0. The fourth-order valence-electron chi connectivity index (χ4n) is 5.68. The van der Waals surface area contributed by atoms with Gasteiger partial charge in [0.05, 0.1) is 27.7 Å². The monoisotopic (exact) mass is 784 g/mol. The van der Waals surface area contributed by atoms with Crippen LogP contribution in [-0.4, -0.2) is 70.0 Å². The highest BCUT2D eigenvalue weighted by atomic mass is 31.2. The van der Waals surface area contributed by atoms with Gasteiger partial charge in [-0.15, -0.1) is 0 Å². The average Bonchev–Trinajstić information content (AvgIpc) is 3.12. The number of esters is 2. The van der Waals surface area contributed by atoms with Gasteiger partial charge >= 0.3 is 11.9 Å². The first-order chi connectivity index (χ1) is 26.0. The second-order valence-corrected chi connectivity index (χ2v) is 17.1. The molecule has 0 saturated carbocycles. The third-order valence-corrected chi connectivity index (χ3v) is 10.1. The molecule has 0 aliphatic heterocycles. The minimum absolute atomic E-state index is 0.0392. The smallest absolute Gasteiger partial charge is 0.306 e. The Labute approximate surface area is 331 Å². The maximum Gasteiger partial charge on any atom is 0.306 e. The molecule has 0 bridgehead atoms. The van der Waals surface area contributed by atoms with Crippen LogP contribution >= 0.6 is 7.82 Å². The number of hydrogen-bond donors (Lipinski definition) is 0. The molecule has 9 nitrogen and oxygen atoms in total. The van der Waals surface area contributed by atoms with Crippen molar-refractivity contribution >= 4 is 19.8 Å². The molecule has 1 unspecified atom stereocenters. The van der Waals surface area contributed by atoms with Crippen LogP contribution in [-0.2, 0) is 32.7 Å². The Morgan fingerprint density at radius 2 is 1.00 bits per heavy atom. The Hall–Kier alpha value is -1.77. The number of phosphoric ester groups is 1. The maximum atomic E-state index is 12.6. The van der Waals surface area contributed by atoms with Crippen LogP contribution in [0, 0.1) is 0 Å². The Morgan fingerprint density at radius 3 is 1.48 bits per heavy atom. The lowest BCUT2D eigenvalue weighted by atomic mass is 10.1. The summed E-state index contributed by atoms with van der Waals surface area (Å²) in [5, 5.41) is 0. The lowest BCUT2D eigenvalue weighted by molar-refractivity contribution is -0.870. The van der Waals surface area contributed by atoms with Crippen molar-refractivity contribution in [1.82, 2.24) is 0 Å². The van der Waals surface area contributed by atoms with Crippen LogP contribution < -0.4 is 4.89 Å². The molecule has 0 heterocycles. The molecular weight excluding hydrogens is 701 g/mol. The van der Waals surface area contributed by atoms with Gasteiger partial charge in [0.2, 0.25) is 0 Å². The summed E-state index contributed by atoms with van der Waals surface area (Å²) in [4.78, 5) is 37.4. The van der Waals surface area contributed by atoms with Crippen molar-refractivity contribution in [2.45, 2.75) is 187 Å². The van der Waals surface area contributed by atoms with E-state index < -0.39 is 32.5 Å². The van der Waals surface area contributed by atoms with Gasteiger partial charge in [-0.25, -0.2) is 0 Å². The molecule has 0 aromatic heterocycles. The lowest BCUT2D eigenvalue weighted by Crippen LogP contribution is -2.37. The highest BCUT2D eigenvalue weighted by Crippen LogP contribution is 2.38. The molecular formula is C44H82NO8P. The van der Waals surface area contributed by atoms with Gasteiger partial charge in [0.15, 0.2) is 6.10 Å². The van der Waals surface area contributed by atoms with Crippen molar-refractivity contribution < 1.29 is 42.1 Å². The van der Waals surface area contributed by atoms with Gasteiger partial charge in [0.25, 0.3) is 7.82 Å². The van der Waals surface area contributed by atoms with Crippen molar-refractivity contribution in [2.75, 3.05) is 47.5 Å². The molecule has 0 aromatic rings. The molecule has 0 amide bonds. The van der Waals surface area contributed by atoms with E-state index in [1.165, 1.54) is 96.3 Å². The van der Waals surface area contributed by atoms with Gasteiger partial charge in [-0.2, -0.15) is 0 Å². The van der Waals surface area contributed by atoms with Crippen molar-refractivity contribution in [3.05, 3.63) is 36.5 Å². The van der Waals surface area contributed by atoms with Crippen LogP contribution in [0.3, 0.4) is 0 Å². The van der Waals surface area contributed by atoms with Gasteiger partial charge in [-0.3, -0.25) is 14.2 Å². The number of unbranched alkanes of at least 4 members (excludes halogenated alkanes) is 19. The molecule has 0 aromatic carbocycles. The van der Waals surface area contributed by atoms with Crippen LogP contribution in [0.15, 0.2) is 36.5 Å². The van der Waals surface area contributed by atoms with E-state index in [0.29, 0.717) is 23.9 Å². The second kappa shape index (κ2) is 36.8. The number of carbonyl (C=O) groups is 2. The predicted molar refractivity (Wildman–Crippen MR) is 222 cm³/mol. The standard InChI is InChI=1S/C44H82NO8P/c1-6-8-10-12-14-16-18-20-22-24-26-28-30-32-34-36-43(46)50-40-42(41-52-54(48,49)51-39-38-45(3,4)5)53-44(47)37-35-33-31-29-27-25-23-21-19-17-15-13-11-9-7-2/h20,22,26-29,42H,6-19,21,23-25,30-41H2,1-5H3/b22-20+,28-26+,29-27+/t42-/m1/s1. The molecule has 0 aliphatic carbocycles. The maximum absolute atomic E-state index is 12.6. The number of phosphoric acid groups is 1. The summed E-state index contributed by atoms with van der Waals surface area (Å²) in [6.07, 6.45) is 40.3. The first kappa shape index (κ1) is 52.2. The zero-order chi connectivity index (χ0) is 40.0. The van der Waals surface area contributed by atoms with E-state index in [1.807, 2.05) is 21.1 Å². The quantitative estimate of drug-likeness (QED) is 0.0199. The van der Waals surface area contributed by atoms with Crippen molar-refractivity contribution in [1.29, 1.82) is 0 Å². The number of ether oxygens (including phenoxy) is 2. The van der Waals surface area contributed by atoms with E-state index in [-0.39, 0.29) is 26.1 Å². The van der Waals surface area contributed by atoms with Crippen LogP contribution in [0.2, 0.25) is 0 Å². The zero-order valence-electron chi connectivity index (χ0n) is 35.4. The number of rotatable bonds is 39. The van der Waals surface area contributed by atoms with Crippen LogP contribution in [0.4, 0.5) is 0 Å². The molecule has 0 N–H and O–H groups in total. The fraction of sp³-hybridized carbons (Fsp3) is 0.818. The third-order valence-electron chi connectivity index (χ3n) is 9.13. The Bertz CT molecular complexity index is 1020. The molecule has 0 spiro atoms. The SMILES string of the molecule is CCCCCCCC/C=C/C/C=C/CCCCC(=O)OC[C@H](COP(=O)([O-])OCC[N+](C)(C)C)OC(=O)CCCC/C=C/CCCCCCCCCCC. The number of carbonyl (C=O) groups excluding carboxylic acids is 2. The van der Waals surface area contributed by atoms with Gasteiger partial charge in [-0.05, 0) is 70.6 Å². The van der Waals surface area contributed by atoms with Gasteiger partial charge in [0.1, 0.15) is 19.8 Å². The number of nitrogens with zero attached hydrogens (tertiary/aromatic N) is 1. The Balaban J connectivity index is 4.45. The molecule has 54 heavy (non-hydrogen) atoms. The topological polar surface area (TPSA) is 111 Å². The Morgan fingerprint density at radius 1 is 0.574 bits per heavy atom. The summed E-state index contributed by atoms with van der Waals surface area (Å²) in [5.74, 6) is -0.898. The van der Waals surface area contributed by atoms with E-state index in [4.69, 9.17) is 18.5 Å². The first-order valence-electron chi connectivity index (χ1n) is 21.7. The summed E-state index contributed by atoms with van der Waals surface area (Å²) >= 11 is 0. The molecule has 0 saturated heterocycles. The number of allylic oxidation sites excluding steroid dienone is 6. The van der Waals surface area contributed by atoms with Crippen molar-refractivity contribution in [3.63, 3.8) is 0 Å². The molecule has 0 radical (unpaired) electrons. The largest absolute Gasteiger partial charge is 0.756 e. The highest BCUT2D eigenvalue weighted by molar-refractivity contribution is 7.45. The third kappa shape index (κ3) is 39.9. The predicted octanol–water partition coefficient (Wildman–Crippen LogP) is 11.5. The Kier molecular flexibility index (Phi) is 35.6. The summed E-state index contributed by atoms with van der Waals surface area (Å²) in [5.41, 5.74) is 0. The van der Waals surface area contributed by atoms with Crippen LogP contribution in [0.1, 0.15) is 181 Å². The average molecular weight is 784 g/mol. The molecule has 0 rings (SSSR count). The summed E-state index contributed by atoms with van der Waals surface area (Å²) in [7, 11) is 1.14. The second-order valence-electron chi connectivity index (χ2n) is 15.7. The molecule has 0 aliphatic rings. The van der Waals surface area contributed by atoms with Crippen LogP contribution in [0.25, 0.3) is 0 Å². The van der Waals surface area contributed by atoms with E-state index in [0.717, 1.165) is 44.9 Å². The number of hydrogen-bond acceptors (Lipinski definition) is 8. The summed E-state index contributed by atoms with van der Waals surface area (Å²) < 4.78 is 33.8.